The van der Waals surface area contributed by atoms with Crippen LogP contribution in [0.2, 0.25) is 10.0 Å². The summed E-state index contributed by atoms with van der Waals surface area (Å²) in [5.41, 5.74) is 1.58. The Balaban J connectivity index is 1.64. The van der Waals surface area contributed by atoms with Crippen molar-refractivity contribution < 1.29 is 17.9 Å². The first-order valence-corrected chi connectivity index (χ1v) is 12.4. The summed E-state index contributed by atoms with van der Waals surface area (Å²) in [6.07, 6.45) is 0. The highest BCUT2D eigenvalue weighted by molar-refractivity contribution is 7.92. The predicted octanol–water partition coefficient (Wildman–Crippen LogP) is 5.89. The molecule has 2 N–H and O–H groups in total. The average Bonchev–Trinajstić information content (AvgIpc) is 2.81. The van der Waals surface area contributed by atoms with E-state index in [4.69, 9.17) is 27.9 Å². The molecule has 0 aliphatic rings. The van der Waals surface area contributed by atoms with Crippen LogP contribution in [0.3, 0.4) is 0 Å². The zero-order valence-electron chi connectivity index (χ0n) is 18.0. The first kappa shape index (κ1) is 23.9. The van der Waals surface area contributed by atoms with Crippen molar-refractivity contribution in [3.8, 4) is 5.75 Å². The second-order valence-electron chi connectivity index (χ2n) is 7.41. The first-order chi connectivity index (χ1) is 16.3. The third-order valence-corrected chi connectivity index (χ3v) is 6.97. The number of sulfonamides is 1. The number of hydrogen-bond donors (Lipinski definition) is 2. The van der Waals surface area contributed by atoms with Gasteiger partial charge in [-0.15, -0.1) is 0 Å². The molecule has 0 bridgehead atoms. The SMILES string of the molecule is COc1ccccc1CNC(=O)c1cccc2c(NS(=O)(=O)c3cc(Cl)cc(Cl)c3)cccc12. The third-order valence-electron chi connectivity index (χ3n) is 5.19. The van der Waals surface area contributed by atoms with E-state index in [2.05, 4.69) is 10.0 Å². The van der Waals surface area contributed by atoms with Crippen LogP contribution in [0.4, 0.5) is 5.69 Å². The number of ether oxygens (including phenoxy) is 1. The summed E-state index contributed by atoms with van der Waals surface area (Å²) in [5.74, 6) is 0.386. The number of fused-ring (bicyclic) bond motifs is 1. The Morgan fingerprint density at radius 2 is 1.56 bits per heavy atom. The van der Waals surface area contributed by atoms with Crippen LogP contribution < -0.4 is 14.8 Å². The summed E-state index contributed by atoms with van der Waals surface area (Å²) in [5, 5.41) is 4.49. The van der Waals surface area contributed by atoms with Gasteiger partial charge < -0.3 is 10.1 Å². The second-order valence-corrected chi connectivity index (χ2v) is 9.97. The maximum Gasteiger partial charge on any atom is 0.262 e. The fourth-order valence-corrected chi connectivity index (χ4v) is 5.41. The number of methoxy groups -OCH3 is 1. The number of rotatable bonds is 7. The number of nitrogens with one attached hydrogen (secondary N) is 2. The lowest BCUT2D eigenvalue weighted by Crippen LogP contribution is -2.23. The quantitative estimate of drug-likeness (QED) is 0.322. The summed E-state index contributed by atoms with van der Waals surface area (Å²) < 4.78 is 33.8. The molecule has 4 aromatic rings. The zero-order chi connectivity index (χ0) is 24.3. The minimum Gasteiger partial charge on any atom is -0.496 e. The van der Waals surface area contributed by atoms with Gasteiger partial charge in [0.15, 0.2) is 0 Å². The van der Waals surface area contributed by atoms with E-state index in [0.717, 1.165) is 5.56 Å². The normalized spacial score (nSPS) is 11.3. The van der Waals surface area contributed by atoms with E-state index >= 15 is 0 Å². The Hall–Kier alpha value is -3.26. The number of amides is 1. The summed E-state index contributed by atoms with van der Waals surface area (Å²) >= 11 is 11.9. The molecule has 0 aliphatic heterocycles. The number of anilines is 1. The largest absolute Gasteiger partial charge is 0.496 e. The minimum atomic E-state index is -3.97. The van der Waals surface area contributed by atoms with Gasteiger partial charge in [0.25, 0.3) is 15.9 Å². The molecule has 0 fully saturated rings. The lowest BCUT2D eigenvalue weighted by atomic mass is 10.0. The number of benzene rings is 4. The van der Waals surface area contributed by atoms with Crippen LogP contribution in [0.15, 0.2) is 83.8 Å². The van der Waals surface area contributed by atoms with Gasteiger partial charge in [-0.3, -0.25) is 9.52 Å². The third kappa shape index (κ3) is 5.12. The molecular weight excluding hydrogens is 495 g/mol. The molecule has 6 nitrogen and oxygen atoms in total. The number of para-hydroxylation sites is 1. The molecule has 4 aromatic carbocycles. The van der Waals surface area contributed by atoms with E-state index < -0.39 is 10.0 Å². The molecule has 0 aromatic heterocycles. The number of carbonyl (C=O) groups is 1. The van der Waals surface area contributed by atoms with Crippen LogP contribution in [0, 0.1) is 0 Å². The van der Waals surface area contributed by atoms with Crippen molar-refractivity contribution in [1.29, 1.82) is 0 Å². The van der Waals surface area contributed by atoms with Crippen molar-refractivity contribution in [3.05, 3.63) is 100 Å². The Kier molecular flexibility index (Phi) is 6.97. The maximum absolute atomic E-state index is 13.0. The molecule has 4 rings (SSSR count). The van der Waals surface area contributed by atoms with E-state index in [-0.39, 0.29) is 27.4 Å². The molecule has 9 heteroatoms. The predicted molar refractivity (Wildman–Crippen MR) is 135 cm³/mol. The van der Waals surface area contributed by atoms with Gasteiger partial charge >= 0.3 is 0 Å². The van der Waals surface area contributed by atoms with Gasteiger partial charge in [-0.25, -0.2) is 8.42 Å². The fraction of sp³-hybridized carbons (Fsp3) is 0.0800. The summed E-state index contributed by atoms with van der Waals surface area (Å²) in [6.45, 7) is 0.279. The van der Waals surface area contributed by atoms with Crippen molar-refractivity contribution in [2.24, 2.45) is 0 Å². The second kappa shape index (κ2) is 9.93. The van der Waals surface area contributed by atoms with Gasteiger partial charge in [0.05, 0.1) is 17.7 Å². The number of carbonyl (C=O) groups excluding carboxylic acids is 1. The Labute approximate surface area is 207 Å². The molecule has 0 saturated heterocycles. The van der Waals surface area contributed by atoms with E-state index in [0.29, 0.717) is 27.8 Å². The molecule has 0 spiro atoms. The summed E-state index contributed by atoms with van der Waals surface area (Å²) in [7, 11) is -2.40. The zero-order valence-corrected chi connectivity index (χ0v) is 20.3. The van der Waals surface area contributed by atoms with E-state index in [1.807, 2.05) is 24.3 Å². The van der Waals surface area contributed by atoms with Crippen LogP contribution in [-0.4, -0.2) is 21.4 Å². The monoisotopic (exact) mass is 514 g/mol. The number of halogens is 2. The lowest BCUT2D eigenvalue weighted by Gasteiger charge is -2.14. The summed E-state index contributed by atoms with van der Waals surface area (Å²) in [6, 6.07) is 21.7. The van der Waals surface area contributed by atoms with Crippen molar-refractivity contribution in [1.82, 2.24) is 5.32 Å². The van der Waals surface area contributed by atoms with Crippen LogP contribution in [-0.2, 0) is 16.6 Å². The van der Waals surface area contributed by atoms with E-state index in [9.17, 15) is 13.2 Å². The molecule has 0 atom stereocenters. The molecule has 1 amide bonds. The van der Waals surface area contributed by atoms with Gasteiger partial charge in [-0.1, -0.05) is 65.7 Å². The summed E-state index contributed by atoms with van der Waals surface area (Å²) in [4.78, 5) is 12.9. The minimum absolute atomic E-state index is 0.0623. The van der Waals surface area contributed by atoms with Crippen molar-refractivity contribution >= 4 is 55.6 Å². The highest BCUT2D eigenvalue weighted by atomic mass is 35.5. The maximum atomic E-state index is 13.0. The van der Waals surface area contributed by atoms with Gasteiger partial charge in [-0.05, 0) is 41.8 Å². The topological polar surface area (TPSA) is 84.5 Å². The van der Waals surface area contributed by atoms with E-state index in [1.165, 1.54) is 18.2 Å². The van der Waals surface area contributed by atoms with Crippen molar-refractivity contribution in [2.45, 2.75) is 11.4 Å². The Morgan fingerprint density at radius 3 is 2.29 bits per heavy atom. The van der Waals surface area contributed by atoms with Crippen LogP contribution in [0.25, 0.3) is 10.8 Å². The Morgan fingerprint density at radius 1 is 0.882 bits per heavy atom. The van der Waals surface area contributed by atoms with Gasteiger partial charge in [-0.2, -0.15) is 0 Å². The van der Waals surface area contributed by atoms with Crippen LogP contribution in [0.1, 0.15) is 15.9 Å². The average molecular weight is 515 g/mol. The molecular formula is C25H20Cl2N2O4S. The fourth-order valence-electron chi connectivity index (χ4n) is 3.60. The van der Waals surface area contributed by atoms with Gasteiger partial charge in [0.2, 0.25) is 0 Å². The van der Waals surface area contributed by atoms with E-state index in [1.54, 1.807) is 43.5 Å². The number of hydrogen-bond acceptors (Lipinski definition) is 4. The van der Waals surface area contributed by atoms with Crippen LogP contribution >= 0.6 is 23.2 Å². The van der Waals surface area contributed by atoms with Gasteiger partial charge in [0, 0.05) is 33.1 Å². The molecule has 174 valence electrons. The standard InChI is InChI=1S/C25H20Cl2N2O4S/c1-33-24-11-3-2-6-16(24)15-28-25(30)22-9-4-8-21-20(22)7-5-10-23(21)29-34(31,32)19-13-17(26)12-18(27)14-19/h2-14,29H,15H2,1H3,(H,28,30). The molecule has 0 radical (unpaired) electrons. The molecule has 0 aliphatic carbocycles. The van der Waals surface area contributed by atoms with Crippen LogP contribution in [0.5, 0.6) is 5.75 Å². The van der Waals surface area contributed by atoms with Gasteiger partial charge in [0.1, 0.15) is 5.75 Å². The lowest BCUT2D eigenvalue weighted by molar-refractivity contribution is 0.0952. The Bertz CT molecular complexity index is 1470. The molecule has 0 heterocycles. The molecule has 0 unspecified atom stereocenters. The smallest absolute Gasteiger partial charge is 0.262 e. The van der Waals surface area contributed by atoms with Crippen molar-refractivity contribution in [2.75, 3.05) is 11.8 Å². The van der Waals surface area contributed by atoms with Crippen molar-refractivity contribution in [3.63, 3.8) is 0 Å². The highest BCUT2D eigenvalue weighted by Crippen LogP contribution is 2.30. The highest BCUT2D eigenvalue weighted by Gasteiger charge is 2.18. The first-order valence-electron chi connectivity index (χ1n) is 10.2. The molecule has 0 saturated carbocycles. The molecule has 34 heavy (non-hydrogen) atoms.